The molecule has 0 fully saturated rings. The van der Waals surface area contributed by atoms with E-state index in [1.807, 2.05) is 7.05 Å². The van der Waals surface area contributed by atoms with E-state index >= 15 is 0 Å². The Morgan fingerprint density at radius 2 is 2.13 bits per heavy atom. The molecule has 1 aromatic heterocycles. The van der Waals surface area contributed by atoms with Gasteiger partial charge in [-0.25, -0.2) is 4.98 Å². The Hall–Kier alpha value is -0.610. The van der Waals surface area contributed by atoms with Gasteiger partial charge in [-0.3, -0.25) is 0 Å². The number of hydrogen-bond acceptors (Lipinski definition) is 3. The summed E-state index contributed by atoms with van der Waals surface area (Å²) in [5, 5.41) is 4.07. The Morgan fingerprint density at radius 1 is 1.40 bits per heavy atom. The molecule has 80 valence electrons. The summed E-state index contributed by atoms with van der Waals surface area (Å²) in [6.45, 7) is 4.39. The number of aromatic nitrogens is 1. The van der Waals surface area contributed by atoms with Crippen LogP contribution in [0.4, 0.5) is 5.13 Å². The maximum absolute atomic E-state index is 4.58. The van der Waals surface area contributed by atoms with Gasteiger partial charge in [0.1, 0.15) is 0 Å². The van der Waals surface area contributed by atoms with Crippen LogP contribution in [-0.2, 0) is 0 Å². The molecule has 0 aliphatic carbocycles. The lowest BCUT2D eigenvalue weighted by molar-refractivity contribution is 0.873. The van der Waals surface area contributed by atoms with Gasteiger partial charge in [-0.05, 0) is 23.6 Å². The van der Waals surface area contributed by atoms with Crippen molar-refractivity contribution in [2.75, 3.05) is 12.4 Å². The molecule has 2 nitrogen and oxygen atoms in total. The minimum absolute atomic E-state index is 0.497. The molecular weight excluding hydrogens is 272 g/mol. The molecule has 2 aromatic rings. The zero-order chi connectivity index (χ0) is 11.0. The van der Waals surface area contributed by atoms with Crippen molar-refractivity contribution in [2.45, 2.75) is 19.8 Å². The van der Waals surface area contributed by atoms with Crippen LogP contribution in [0.5, 0.6) is 0 Å². The van der Waals surface area contributed by atoms with Gasteiger partial charge in [0.25, 0.3) is 0 Å². The lowest BCUT2D eigenvalue weighted by Gasteiger charge is -2.06. The number of fused-ring (bicyclic) bond motifs is 1. The van der Waals surface area contributed by atoms with E-state index in [4.69, 9.17) is 0 Å². The van der Waals surface area contributed by atoms with Gasteiger partial charge >= 0.3 is 0 Å². The van der Waals surface area contributed by atoms with E-state index in [1.165, 1.54) is 10.3 Å². The van der Waals surface area contributed by atoms with E-state index in [0.717, 1.165) is 15.1 Å². The summed E-state index contributed by atoms with van der Waals surface area (Å²) >= 11 is 5.23. The molecule has 2 rings (SSSR count). The van der Waals surface area contributed by atoms with Gasteiger partial charge in [-0.15, -0.1) is 0 Å². The predicted octanol–water partition coefficient (Wildman–Crippen LogP) is 4.22. The molecule has 0 saturated heterocycles. The van der Waals surface area contributed by atoms with Crippen molar-refractivity contribution < 1.29 is 0 Å². The van der Waals surface area contributed by atoms with Gasteiger partial charge in [0.05, 0.1) is 10.2 Å². The summed E-state index contributed by atoms with van der Waals surface area (Å²) in [6.07, 6.45) is 0. The van der Waals surface area contributed by atoms with Gasteiger partial charge < -0.3 is 5.32 Å². The van der Waals surface area contributed by atoms with Crippen molar-refractivity contribution in [1.82, 2.24) is 4.98 Å². The number of hydrogen-bond donors (Lipinski definition) is 1. The fraction of sp³-hybridized carbons (Fsp3) is 0.364. The van der Waals surface area contributed by atoms with E-state index < -0.39 is 0 Å². The molecule has 0 spiro atoms. The zero-order valence-electron chi connectivity index (χ0n) is 8.97. The van der Waals surface area contributed by atoms with Crippen molar-refractivity contribution in [3.05, 3.63) is 22.2 Å². The molecule has 0 bridgehead atoms. The summed E-state index contributed by atoms with van der Waals surface area (Å²) in [4.78, 5) is 4.58. The van der Waals surface area contributed by atoms with Gasteiger partial charge in [0.2, 0.25) is 0 Å². The minimum Gasteiger partial charge on any atom is -0.365 e. The van der Waals surface area contributed by atoms with Gasteiger partial charge in [0, 0.05) is 11.5 Å². The Labute approximate surface area is 102 Å². The van der Waals surface area contributed by atoms with Crippen molar-refractivity contribution in [3.63, 3.8) is 0 Å². The average Bonchev–Trinajstić information content (AvgIpc) is 2.58. The monoisotopic (exact) mass is 284 g/mol. The smallest absolute Gasteiger partial charge is 0.183 e. The third-order valence-electron chi connectivity index (χ3n) is 2.33. The van der Waals surface area contributed by atoms with Gasteiger partial charge in [0.15, 0.2) is 5.13 Å². The molecule has 1 heterocycles. The predicted molar refractivity (Wildman–Crippen MR) is 71.0 cm³/mol. The van der Waals surface area contributed by atoms with Crippen molar-refractivity contribution >= 4 is 42.6 Å². The molecule has 1 N–H and O–H groups in total. The first-order valence-corrected chi connectivity index (χ1v) is 6.50. The molecule has 0 radical (unpaired) electrons. The SMILES string of the molecule is CNc1nc2c(C(C)C)cc(Br)cc2s1. The van der Waals surface area contributed by atoms with Crippen LogP contribution in [-0.4, -0.2) is 12.0 Å². The third kappa shape index (κ3) is 2.01. The molecule has 0 amide bonds. The second-order valence-corrected chi connectivity index (χ2v) is 5.71. The fourth-order valence-corrected chi connectivity index (χ4v) is 3.09. The number of benzene rings is 1. The van der Waals surface area contributed by atoms with Gasteiger partial charge in [-0.2, -0.15) is 0 Å². The zero-order valence-corrected chi connectivity index (χ0v) is 11.4. The number of nitrogens with one attached hydrogen (secondary N) is 1. The highest BCUT2D eigenvalue weighted by Gasteiger charge is 2.11. The third-order valence-corrected chi connectivity index (χ3v) is 3.80. The van der Waals surface area contributed by atoms with Crippen LogP contribution < -0.4 is 5.32 Å². The lowest BCUT2D eigenvalue weighted by Crippen LogP contribution is -1.90. The lowest BCUT2D eigenvalue weighted by atomic mass is 10.0. The number of halogens is 1. The van der Waals surface area contributed by atoms with Crippen molar-refractivity contribution in [2.24, 2.45) is 0 Å². The van der Waals surface area contributed by atoms with Crippen molar-refractivity contribution in [1.29, 1.82) is 0 Å². The number of thiazole rings is 1. The van der Waals surface area contributed by atoms with E-state index in [2.05, 4.69) is 52.2 Å². The first-order valence-electron chi connectivity index (χ1n) is 4.89. The van der Waals surface area contributed by atoms with E-state index in [0.29, 0.717) is 5.92 Å². The molecule has 1 aromatic carbocycles. The highest BCUT2D eigenvalue weighted by atomic mass is 79.9. The molecule has 0 unspecified atom stereocenters. The summed E-state index contributed by atoms with van der Waals surface area (Å²) in [6, 6.07) is 4.28. The molecule has 4 heteroatoms. The Balaban J connectivity index is 2.72. The summed E-state index contributed by atoms with van der Waals surface area (Å²) in [7, 11) is 1.90. The van der Waals surface area contributed by atoms with Gasteiger partial charge in [-0.1, -0.05) is 41.1 Å². The minimum atomic E-state index is 0.497. The Bertz CT molecular complexity index is 491. The second-order valence-electron chi connectivity index (χ2n) is 3.77. The first kappa shape index (κ1) is 10.9. The molecular formula is C11H13BrN2S. The first-order chi connectivity index (χ1) is 7.11. The normalized spacial score (nSPS) is 11.3. The molecule has 0 saturated carbocycles. The van der Waals surface area contributed by atoms with Crippen LogP contribution in [0.3, 0.4) is 0 Å². The van der Waals surface area contributed by atoms with Crippen LogP contribution in [0.1, 0.15) is 25.3 Å². The van der Waals surface area contributed by atoms with E-state index in [1.54, 1.807) is 11.3 Å². The highest BCUT2D eigenvalue weighted by molar-refractivity contribution is 9.10. The van der Waals surface area contributed by atoms with Crippen LogP contribution >= 0.6 is 27.3 Å². The van der Waals surface area contributed by atoms with E-state index in [-0.39, 0.29) is 0 Å². The number of nitrogens with zero attached hydrogens (tertiary/aromatic N) is 1. The maximum Gasteiger partial charge on any atom is 0.183 e. The number of rotatable bonds is 2. The maximum atomic E-state index is 4.58. The Kier molecular flexibility index (Phi) is 2.98. The van der Waals surface area contributed by atoms with Crippen LogP contribution in [0.15, 0.2) is 16.6 Å². The van der Waals surface area contributed by atoms with Crippen LogP contribution in [0.2, 0.25) is 0 Å². The summed E-state index contributed by atoms with van der Waals surface area (Å²) in [5.41, 5.74) is 2.43. The quantitative estimate of drug-likeness (QED) is 0.893. The van der Waals surface area contributed by atoms with Crippen molar-refractivity contribution in [3.8, 4) is 0 Å². The number of anilines is 1. The van der Waals surface area contributed by atoms with Crippen LogP contribution in [0.25, 0.3) is 10.2 Å². The Morgan fingerprint density at radius 3 is 2.73 bits per heavy atom. The largest absolute Gasteiger partial charge is 0.365 e. The topological polar surface area (TPSA) is 24.9 Å². The fourth-order valence-electron chi connectivity index (χ4n) is 1.57. The standard InChI is InChI=1S/C11H13BrN2S/c1-6(2)8-4-7(12)5-9-10(8)14-11(13-3)15-9/h4-6H,1-3H3,(H,13,14). The average molecular weight is 285 g/mol. The molecule has 15 heavy (non-hydrogen) atoms. The summed E-state index contributed by atoms with van der Waals surface area (Å²) in [5.74, 6) is 0.497. The summed E-state index contributed by atoms with van der Waals surface area (Å²) < 4.78 is 2.36. The van der Waals surface area contributed by atoms with Crippen LogP contribution in [0, 0.1) is 0 Å². The molecule has 0 aliphatic rings. The molecule has 0 atom stereocenters. The molecule has 0 aliphatic heterocycles. The van der Waals surface area contributed by atoms with E-state index in [9.17, 15) is 0 Å². The highest BCUT2D eigenvalue weighted by Crippen LogP contribution is 2.34. The second kappa shape index (κ2) is 4.10.